The van der Waals surface area contributed by atoms with E-state index in [4.69, 9.17) is 16.3 Å². The third-order valence-corrected chi connectivity index (χ3v) is 4.38. The topological polar surface area (TPSA) is 29.5 Å². The predicted molar refractivity (Wildman–Crippen MR) is 63.6 cm³/mol. The Balaban J connectivity index is 1.98. The molecular formula is C12H20ClNO2. The van der Waals surface area contributed by atoms with Crippen molar-refractivity contribution in [2.75, 3.05) is 32.2 Å². The molecule has 4 heteroatoms. The van der Waals surface area contributed by atoms with E-state index in [-0.39, 0.29) is 11.8 Å². The summed E-state index contributed by atoms with van der Waals surface area (Å²) in [5.74, 6) is 0.706. The number of halogens is 1. The summed E-state index contributed by atoms with van der Waals surface area (Å²) in [6, 6.07) is 0. The van der Waals surface area contributed by atoms with Crippen molar-refractivity contribution in [1.29, 1.82) is 0 Å². The molecule has 0 radical (unpaired) electrons. The molecule has 1 amide bonds. The molecule has 2 fully saturated rings. The number of ether oxygens (including phenoxy) is 1. The Kier molecular flexibility index (Phi) is 3.75. The van der Waals surface area contributed by atoms with E-state index >= 15 is 0 Å². The fourth-order valence-corrected chi connectivity index (χ4v) is 3.16. The summed E-state index contributed by atoms with van der Waals surface area (Å²) in [7, 11) is 0. The Morgan fingerprint density at radius 1 is 1.56 bits per heavy atom. The number of alkyl halides is 1. The van der Waals surface area contributed by atoms with Crippen molar-refractivity contribution >= 4 is 17.5 Å². The monoisotopic (exact) mass is 245 g/mol. The van der Waals surface area contributed by atoms with E-state index in [9.17, 15) is 4.79 Å². The van der Waals surface area contributed by atoms with E-state index in [0.717, 1.165) is 26.3 Å². The molecule has 0 aromatic rings. The third kappa shape index (κ3) is 2.07. The molecule has 0 N–H and O–H groups in total. The van der Waals surface area contributed by atoms with Crippen LogP contribution in [-0.2, 0) is 9.53 Å². The summed E-state index contributed by atoms with van der Waals surface area (Å²) in [6.07, 6.45) is 3.79. The maximum Gasteiger partial charge on any atom is 0.237 e. The highest BCUT2D eigenvalue weighted by molar-refractivity contribution is 6.27. The lowest BCUT2D eigenvalue weighted by Gasteiger charge is -2.42. The average Bonchev–Trinajstić information content (AvgIpc) is 2.64. The highest BCUT2D eigenvalue weighted by atomic mass is 35.5. The maximum absolute atomic E-state index is 11.6. The van der Waals surface area contributed by atoms with E-state index in [1.165, 1.54) is 19.3 Å². The van der Waals surface area contributed by atoms with Gasteiger partial charge < -0.3 is 9.64 Å². The zero-order valence-electron chi connectivity index (χ0n) is 9.88. The van der Waals surface area contributed by atoms with Crippen molar-refractivity contribution in [3.8, 4) is 0 Å². The zero-order valence-corrected chi connectivity index (χ0v) is 10.6. The van der Waals surface area contributed by atoms with Gasteiger partial charge in [0.15, 0.2) is 0 Å². The SMILES string of the molecule is CCOC[C@H]1CN(C(=O)CCl)CC12CCC2. The Morgan fingerprint density at radius 2 is 2.31 bits per heavy atom. The van der Waals surface area contributed by atoms with E-state index < -0.39 is 0 Å². The first-order chi connectivity index (χ1) is 7.72. The standard InChI is InChI=1S/C12H20ClNO2/c1-2-16-8-10-7-14(11(15)6-13)9-12(10)4-3-5-12/h10H,2-9H2,1H3/t10-/m1/s1. The molecular weight excluding hydrogens is 226 g/mol. The van der Waals surface area contributed by atoms with Crippen LogP contribution in [0.15, 0.2) is 0 Å². The number of likely N-dealkylation sites (tertiary alicyclic amines) is 1. The molecule has 1 heterocycles. The fourth-order valence-electron chi connectivity index (χ4n) is 2.99. The van der Waals surface area contributed by atoms with Gasteiger partial charge in [0, 0.05) is 25.6 Å². The second-order valence-corrected chi connectivity index (χ2v) is 5.25. The summed E-state index contributed by atoms with van der Waals surface area (Å²) in [6.45, 7) is 5.31. The lowest BCUT2D eigenvalue weighted by molar-refractivity contribution is -0.128. The molecule has 1 atom stereocenters. The van der Waals surface area contributed by atoms with Gasteiger partial charge >= 0.3 is 0 Å². The normalized spacial score (nSPS) is 27.1. The zero-order chi connectivity index (χ0) is 11.6. The second kappa shape index (κ2) is 4.92. The van der Waals surface area contributed by atoms with Gasteiger partial charge in [0.05, 0.1) is 6.61 Å². The molecule has 1 aliphatic carbocycles. The van der Waals surface area contributed by atoms with Crippen LogP contribution >= 0.6 is 11.6 Å². The molecule has 2 rings (SSSR count). The van der Waals surface area contributed by atoms with Gasteiger partial charge in [-0.15, -0.1) is 11.6 Å². The molecule has 16 heavy (non-hydrogen) atoms. The lowest BCUT2D eigenvalue weighted by Crippen LogP contribution is -2.40. The maximum atomic E-state index is 11.6. The van der Waals surface area contributed by atoms with Crippen LogP contribution in [0.25, 0.3) is 0 Å². The Bertz CT molecular complexity index is 266. The number of amides is 1. The van der Waals surface area contributed by atoms with Crippen molar-refractivity contribution in [1.82, 2.24) is 4.90 Å². The van der Waals surface area contributed by atoms with Crippen LogP contribution in [0.2, 0.25) is 0 Å². The second-order valence-electron chi connectivity index (χ2n) is 4.98. The first kappa shape index (κ1) is 12.2. The summed E-state index contributed by atoms with van der Waals surface area (Å²) in [5.41, 5.74) is 0.358. The van der Waals surface area contributed by atoms with Crippen LogP contribution in [0, 0.1) is 11.3 Å². The predicted octanol–water partition coefficient (Wildman–Crippen LogP) is 1.89. The van der Waals surface area contributed by atoms with Gasteiger partial charge in [0.2, 0.25) is 5.91 Å². The summed E-state index contributed by atoms with van der Waals surface area (Å²) < 4.78 is 5.54. The lowest BCUT2D eigenvalue weighted by atomic mass is 9.63. The van der Waals surface area contributed by atoms with Crippen molar-refractivity contribution in [2.24, 2.45) is 11.3 Å². The molecule has 92 valence electrons. The first-order valence-electron chi connectivity index (χ1n) is 6.13. The largest absolute Gasteiger partial charge is 0.381 e. The smallest absolute Gasteiger partial charge is 0.237 e. The van der Waals surface area contributed by atoms with Gasteiger partial charge in [-0.05, 0) is 25.2 Å². The number of hydrogen-bond donors (Lipinski definition) is 0. The molecule has 3 nitrogen and oxygen atoms in total. The molecule has 1 spiro atoms. The van der Waals surface area contributed by atoms with E-state index in [0.29, 0.717) is 11.3 Å². The highest BCUT2D eigenvalue weighted by Crippen LogP contribution is 2.51. The number of rotatable bonds is 4. The summed E-state index contributed by atoms with van der Waals surface area (Å²) >= 11 is 5.62. The van der Waals surface area contributed by atoms with Crippen LogP contribution in [0.3, 0.4) is 0 Å². The van der Waals surface area contributed by atoms with E-state index in [1.54, 1.807) is 0 Å². The molecule has 1 aliphatic heterocycles. The van der Waals surface area contributed by atoms with Gasteiger partial charge in [-0.2, -0.15) is 0 Å². The van der Waals surface area contributed by atoms with Crippen LogP contribution in [0.4, 0.5) is 0 Å². The Hall–Kier alpha value is -0.280. The number of nitrogens with zero attached hydrogens (tertiary/aromatic N) is 1. The van der Waals surface area contributed by atoms with Gasteiger partial charge in [-0.1, -0.05) is 6.42 Å². The van der Waals surface area contributed by atoms with Crippen LogP contribution in [0.5, 0.6) is 0 Å². The minimum absolute atomic E-state index is 0.0759. The number of carbonyl (C=O) groups is 1. The van der Waals surface area contributed by atoms with Crippen molar-refractivity contribution < 1.29 is 9.53 Å². The van der Waals surface area contributed by atoms with Gasteiger partial charge in [0.25, 0.3) is 0 Å². The first-order valence-corrected chi connectivity index (χ1v) is 6.67. The van der Waals surface area contributed by atoms with Crippen molar-refractivity contribution in [2.45, 2.75) is 26.2 Å². The number of hydrogen-bond acceptors (Lipinski definition) is 2. The quantitative estimate of drug-likeness (QED) is 0.708. The minimum atomic E-state index is 0.0759. The highest BCUT2D eigenvalue weighted by Gasteiger charge is 2.51. The van der Waals surface area contributed by atoms with E-state index in [2.05, 4.69) is 0 Å². The van der Waals surface area contributed by atoms with Gasteiger partial charge in [0.1, 0.15) is 5.88 Å². The van der Waals surface area contributed by atoms with E-state index in [1.807, 2.05) is 11.8 Å². The fraction of sp³-hybridized carbons (Fsp3) is 0.917. The third-order valence-electron chi connectivity index (χ3n) is 4.15. The summed E-state index contributed by atoms with van der Waals surface area (Å²) in [5, 5.41) is 0. The molecule has 0 bridgehead atoms. The van der Waals surface area contributed by atoms with Crippen molar-refractivity contribution in [3.63, 3.8) is 0 Å². The Morgan fingerprint density at radius 3 is 2.81 bits per heavy atom. The molecule has 0 aromatic carbocycles. The van der Waals surface area contributed by atoms with Gasteiger partial charge in [-0.25, -0.2) is 0 Å². The molecule has 0 aromatic heterocycles. The molecule has 0 unspecified atom stereocenters. The summed E-state index contributed by atoms with van der Waals surface area (Å²) in [4.78, 5) is 13.5. The molecule has 1 saturated heterocycles. The molecule has 1 saturated carbocycles. The number of carbonyl (C=O) groups excluding carboxylic acids is 1. The average molecular weight is 246 g/mol. The van der Waals surface area contributed by atoms with Crippen LogP contribution in [0.1, 0.15) is 26.2 Å². The molecule has 2 aliphatic rings. The van der Waals surface area contributed by atoms with Crippen molar-refractivity contribution in [3.05, 3.63) is 0 Å². The van der Waals surface area contributed by atoms with Crippen LogP contribution < -0.4 is 0 Å². The van der Waals surface area contributed by atoms with Crippen LogP contribution in [-0.4, -0.2) is 43.0 Å². The Labute approximate surface area is 102 Å². The van der Waals surface area contributed by atoms with Gasteiger partial charge in [-0.3, -0.25) is 4.79 Å². The minimum Gasteiger partial charge on any atom is -0.381 e.